The lowest BCUT2D eigenvalue weighted by Crippen LogP contribution is -2.32. The Morgan fingerprint density at radius 1 is 1.24 bits per heavy atom. The molecule has 0 fully saturated rings. The van der Waals surface area contributed by atoms with Crippen molar-refractivity contribution in [2.75, 3.05) is 11.9 Å². The monoisotopic (exact) mass is 346 g/mol. The number of aryl methyl sites for hydroxylation is 1. The van der Waals surface area contributed by atoms with Crippen LogP contribution in [0.5, 0.6) is 5.75 Å². The van der Waals surface area contributed by atoms with Gasteiger partial charge in [-0.25, -0.2) is 4.79 Å². The molecule has 0 saturated carbocycles. The second-order valence-corrected chi connectivity index (χ2v) is 5.49. The summed E-state index contributed by atoms with van der Waals surface area (Å²) in [4.78, 5) is 24.4. The van der Waals surface area contributed by atoms with Crippen molar-refractivity contribution in [1.82, 2.24) is 5.16 Å². The molecule has 0 radical (unpaired) electrons. The Morgan fingerprint density at radius 3 is 2.52 bits per heavy atom. The van der Waals surface area contributed by atoms with E-state index in [2.05, 4.69) is 10.5 Å². The fourth-order valence-electron chi connectivity index (χ4n) is 2.06. The summed E-state index contributed by atoms with van der Waals surface area (Å²) < 4.78 is 15.6. The zero-order valence-electron chi connectivity index (χ0n) is 14.6. The maximum atomic E-state index is 12.2. The Hall–Kier alpha value is -2.83. The molecule has 0 saturated heterocycles. The molecule has 7 nitrogen and oxygen atoms in total. The third kappa shape index (κ3) is 5.34. The van der Waals surface area contributed by atoms with E-state index < -0.39 is 18.0 Å². The lowest BCUT2D eigenvalue weighted by Gasteiger charge is -2.15. The molecule has 134 valence electrons. The third-order valence-electron chi connectivity index (χ3n) is 3.35. The van der Waals surface area contributed by atoms with Crippen LogP contribution in [-0.2, 0) is 9.53 Å². The molecule has 1 heterocycles. The first-order valence-corrected chi connectivity index (χ1v) is 8.21. The molecule has 1 atom stereocenters. The standard InChI is InChI=1S/C18H22N2O5/c1-4-10-23-14-8-6-13(7-9-14)18(22)24-15(5-2)17(21)19-16-11-12(3)25-20-16/h6-9,11,15H,4-5,10H2,1-3H3,(H,19,20,21). The van der Waals surface area contributed by atoms with Crippen molar-refractivity contribution >= 4 is 17.7 Å². The molecule has 25 heavy (non-hydrogen) atoms. The fourth-order valence-corrected chi connectivity index (χ4v) is 2.06. The number of ether oxygens (including phenoxy) is 2. The van der Waals surface area contributed by atoms with Crippen molar-refractivity contribution in [3.8, 4) is 5.75 Å². The zero-order valence-corrected chi connectivity index (χ0v) is 14.6. The normalized spacial score (nSPS) is 11.6. The van der Waals surface area contributed by atoms with E-state index in [9.17, 15) is 9.59 Å². The molecule has 1 N–H and O–H groups in total. The molecule has 0 bridgehead atoms. The molecule has 0 aliphatic carbocycles. The molecule has 0 aliphatic heterocycles. The lowest BCUT2D eigenvalue weighted by molar-refractivity contribution is -0.124. The highest BCUT2D eigenvalue weighted by Crippen LogP contribution is 2.15. The van der Waals surface area contributed by atoms with Gasteiger partial charge in [-0.3, -0.25) is 4.79 Å². The maximum absolute atomic E-state index is 12.2. The molecule has 1 amide bonds. The van der Waals surface area contributed by atoms with Crippen LogP contribution in [-0.4, -0.2) is 29.7 Å². The highest BCUT2D eigenvalue weighted by molar-refractivity contribution is 5.97. The van der Waals surface area contributed by atoms with Crippen molar-refractivity contribution in [3.05, 3.63) is 41.7 Å². The third-order valence-corrected chi connectivity index (χ3v) is 3.35. The molecular weight excluding hydrogens is 324 g/mol. The van der Waals surface area contributed by atoms with E-state index in [0.717, 1.165) is 6.42 Å². The molecule has 1 unspecified atom stereocenters. The summed E-state index contributed by atoms with van der Waals surface area (Å²) in [6.07, 6.45) is 0.328. The van der Waals surface area contributed by atoms with E-state index in [1.807, 2.05) is 6.92 Å². The first-order chi connectivity index (χ1) is 12.0. The highest BCUT2D eigenvalue weighted by atomic mass is 16.5. The van der Waals surface area contributed by atoms with Crippen molar-refractivity contribution in [1.29, 1.82) is 0 Å². The van der Waals surface area contributed by atoms with Crippen molar-refractivity contribution < 1.29 is 23.6 Å². The van der Waals surface area contributed by atoms with Gasteiger partial charge in [0.25, 0.3) is 5.91 Å². The van der Waals surface area contributed by atoms with Gasteiger partial charge in [-0.05, 0) is 44.0 Å². The number of rotatable bonds is 8. The maximum Gasteiger partial charge on any atom is 0.338 e. The summed E-state index contributed by atoms with van der Waals surface area (Å²) in [6, 6.07) is 8.20. The Bertz CT molecular complexity index is 709. The molecule has 2 rings (SSSR count). The van der Waals surface area contributed by atoms with Gasteiger partial charge < -0.3 is 19.3 Å². The summed E-state index contributed by atoms with van der Waals surface area (Å²) in [5.41, 5.74) is 0.354. The van der Waals surface area contributed by atoms with Gasteiger partial charge in [-0.15, -0.1) is 0 Å². The number of esters is 1. The minimum Gasteiger partial charge on any atom is -0.494 e. The van der Waals surface area contributed by atoms with E-state index >= 15 is 0 Å². The summed E-state index contributed by atoms with van der Waals surface area (Å²) in [5, 5.41) is 6.24. The predicted octanol–water partition coefficient (Wildman–Crippen LogP) is 3.35. The Kier molecular flexibility index (Phi) is 6.56. The quantitative estimate of drug-likeness (QED) is 0.737. The summed E-state index contributed by atoms with van der Waals surface area (Å²) >= 11 is 0. The van der Waals surface area contributed by atoms with Gasteiger partial charge in [0, 0.05) is 6.07 Å². The molecule has 1 aromatic heterocycles. The number of aromatic nitrogens is 1. The van der Waals surface area contributed by atoms with Gasteiger partial charge >= 0.3 is 5.97 Å². The molecule has 0 aliphatic rings. The van der Waals surface area contributed by atoms with Crippen LogP contribution in [0.4, 0.5) is 5.82 Å². The van der Waals surface area contributed by atoms with E-state index in [1.165, 1.54) is 0 Å². The number of carbonyl (C=O) groups is 2. The minimum absolute atomic E-state index is 0.287. The van der Waals surface area contributed by atoms with Crippen LogP contribution in [0.25, 0.3) is 0 Å². The van der Waals surface area contributed by atoms with Crippen LogP contribution in [0.1, 0.15) is 42.8 Å². The number of hydrogen-bond donors (Lipinski definition) is 1. The Balaban J connectivity index is 1.95. The number of benzene rings is 1. The summed E-state index contributed by atoms with van der Waals surface area (Å²) in [7, 11) is 0. The predicted molar refractivity (Wildman–Crippen MR) is 91.6 cm³/mol. The highest BCUT2D eigenvalue weighted by Gasteiger charge is 2.23. The van der Waals surface area contributed by atoms with Crippen LogP contribution in [0.15, 0.2) is 34.9 Å². The van der Waals surface area contributed by atoms with Gasteiger partial charge in [0.2, 0.25) is 0 Å². The SMILES string of the molecule is CCCOc1ccc(C(=O)OC(CC)C(=O)Nc2cc(C)on2)cc1. The van der Waals surface area contributed by atoms with Gasteiger partial charge in [0.15, 0.2) is 11.9 Å². The molecular formula is C18H22N2O5. The second kappa shape index (κ2) is 8.86. The van der Waals surface area contributed by atoms with Gasteiger partial charge in [0.1, 0.15) is 11.5 Å². The average molecular weight is 346 g/mol. The average Bonchev–Trinajstić information content (AvgIpc) is 3.02. The van der Waals surface area contributed by atoms with Crippen LogP contribution >= 0.6 is 0 Å². The lowest BCUT2D eigenvalue weighted by atomic mass is 10.2. The topological polar surface area (TPSA) is 90.7 Å². The summed E-state index contributed by atoms with van der Waals surface area (Å²) in [5.74, 6) is 0.525. The minimum atomic E-state index is -0.916. The van der Waals surface area contributed by atoms with E-state index in [0.29, 0.717) is 30.1 Å². The number of amides is 1. The van der Waals surface area contributed by atoms with Crippen molar-refractivity contribution in [3.63, 3.8) is 0 Å². The van der Waals surface area contributed by atoms with E-state index in [-0.39, 0.29) is 5.82 Å². The first-order valence-electron chi connectivity index (χ1n) is 8.21. The zero-order chi connectivity index (χ0) is 18.2. The van der Waals surface area contributed by atoms with Crippen LogP contribution in [0.2, 0.25) is 0 Å². The number of nitrogens with zero attached hydrogens (tertiary/aromatic N) is 1. The largest absolute Gasteiger partial charge is 0.494 e. The molecule has 0 spiro atoms. The second-order valence-electron chi connectivity index (χ2n) is 5.49. The van der Waals surface area contributed by atoms with Gasteiger partial charge in [-0.2, -0.15) is 0 Å². The van der Waals surface area contributed by atoms with Crippen LogP contribution in [0.3, 0.4) is 0 Å². The number of hydrogen-bond acceptors (Lipinski definition) is 6. The van der Waals surface area contributed by atoms with E-state index in [1.54, 1.807) is 44.2 Å². The van der Waals surface area contributed by atoms with Gasteiger partial charge in [0.05, 0.1) is 12.2 Å². The summed E-state index contributed by atoms with van der Waals surface area (Å²) in [6.45, 7) is 6.10. The van der Waals surface area contributed by atoms with Crippen LogP contribution in [0, 0.1) is 6.92 Å². The fraction of sp³-hybridized carbons (Fsp3) is 0.389. The Labute approximate surface area is 146 Å². The molecule has 2 aromatic rings. The van der Waals surface area contributed by atoms with Crippen molar-refractivity contribution in [2.24, 2.45) is 0 Å². The molecule has 7 heteroatoms. The van der Waals surface area contributed by atoms with Gasteiger partial charge in [-0.1, -0.05) is 19.0 Å². The smallest absolute Gasteiger partial charge is 0.338 e. The molecule has 1 aromatic carbocycles. The van der Waals surface area contributed by atoms with Crippen LogP contribution < -0.4 is 10.1 Å². The number of anilines is 1. The Morgan fingerprint density at radius 2 is 1.96 bits per heavy atom. The van der Waals surface area contributed by atoms with Crippen molar-refractivity contribution in [2.45, 2.75) is 39.7 Å². The number of carbonyl (C=O) groups excluding carboxylic acids is 2. The number of nitrogens with one attached hydrogen (secondary N) is 1. The van der Waals surface area contributed by atoms with E-state index in [4.69, 9.17) is 14.0 Å². The first kappa shape index (κ1) is 18.5.